The van der Waals surface area contributed by atoms with Crippen LogP contribution in [-0.4, -0.2) is 18.6 Å². The van der Waals surface area contributed by atoms with Crippen molar-refractivity contribution in [1.82, 2.24) is 5.32 Å². The summed E-state index contributed by atoms with van der Waals surface area (Å²) in [5.41, 5.74) is 2.39. The number of carbonyl (C=O) groups is 1. The van der Waals surface area contributed by atoms with Crippen LogP contribution >= 0.6 is 0 Å². The van der Waals surface area contributed by atoms with E-state index in [2.05, 4.69) is 17.4 Å². The van der Waals surface area contributed by atoms with E-state index in [9.17, 15) is 4.79 Å². The maximum absolute atomic E-state index is 12.2. The molecule has 1 atom stereocenters. The molecule has 0 aromatic heterocycles. The molecule has 2 aromatic carbocycles. The van der Waals surface area contributed by atoms with Gasteiger partial charge in [0.25, 0.3) is 5.91 Å². The third kappa shape index (κ3) is 4.92. The highest BCUT2D eigenvalue weighted by Crippen LogP contribution is 2.14. The molecule has 0 heterocycles. The van der Waals surface area contributed by atoms with Gasteiger partial charge in [-0.15, -0.1) is 0 Å². The van der Waals surface area contributed by atoms with E-state index in [1.807, 2.05) is 56.3 Å². The first-order chi connectivity index (χ1) is 10.7. The number of rotatable bonds is 7. The Morgan fingerprint density at radius 2 is 1.77 bits per heavy atom. The van der Waals surface area contributed by atoms with E-state index in [0.29, 0.717) is 13.0 Å². The summed E-state index contributed by atoms with van der Waals surface area (Å²) in [5.74, 6) is 0.676. The number of carbonyl (C=O) groups excluding carboxylic acids is 1. The standard InChI is InChI=1S/C19H23NO2/c1-3-18(22-17-11-9-15(2)10-12-17)19(21)20-14-13-16-7-5-4-6-8-16/h4-12,18H,3,13-14H2,1-2H3,(H,20,21)/t18-/m0/s1. The summed E-state index contributed by atoms with van der Waals surface area (Å²) in [6.07, 6.45) is 1.02. The Kier molecular flexibility index (Phi) is 6.01. The third-order valence-corrected chi connectivity index (χ3v) is 3.52. The first-order valence-electron chi connectivity index (χ1n) is 7.74. The van der Waals surface area contributed by atoms with Crippen molar-refractivity contribution in [3.05, 3.63) is 65.7 Å². The minimum Gasteiger partial charge on any atom is -0.481 e. The van der Waals surface area contributed by atoms with Crippen molar-refractivity contribution in [2.45, 2.75) is 32.8 Å². The fourth-order valence-corrected chi connectivity index (χ4v) is 2.19. The molecule has 0 bridgehead atoms. The van der Waals surface area contributed by atoms with E-state index in [0.717, 1.165) is 12.2 Å². The van der Waals surface area contributed by atoms with E-state index in [1.165, 1.54) is 11.1 Å². The van der Waals surface area contributed by atoms with Crippen molar-refractivity contribution in [3.8, 4) is 5.75 Å². The lowest BCUT2D eigenvalue weighted by Gasteiger charge is -2.17. The van der Waals surface area contributed by atoms with Crippen LogP contribution in [0, 0.1) is 6.92 Å². The number of ether oxygens (including phenoxy) is 1. The summed E-state index contributed by atoms with van der Waals surface area (Å²) in [7, 11) is 0. The van der Waals surface area contributed by atoms with Gasteiger partial charge in [0.15, 0.2) is 6.10 Å². The van der Waals surface area contributed by atoms with Crippen molar-refractivity contribution >= 4 is 5.91 Å². The van der Waals surface area contributed by atoms with Crippen molar-refractivity contribution in [2.24, 2.45) is 0 Å². The molecule has 0 saturated heterocycles. The molecule has 3 heteroatoms. The smallest absolute Gasteiger partial charge is 0.261 e. The van der Waals surface area contributed by atoms with Crippen LogP contribution in [0.25, 0.3) is 0 Å². The minimum absolute atomic E-state index is 0.0565. The zero-order valence-corrected chi connectivity index (χ0v) is 13.2. The first kappa shape index (κ1) is 16.1. The Labute approximate surface area is 132 Å². The second kappa shape index (κ2) is 8.23. The molecule has 116 valence electrons. The van der Waals surface area contributed by atoms with Crippen LogP contribution in [0.15, 0.2) is 54.6 Å². The van der Waals surface area contributed by atoms with E-state index >= 15 is 0 Å². The topological polar surface area (TPSA) is 38.3 Å². The lowest BCUT2D eigenvalue weighted by Crippen LogP contribution is -2.38. The zero-order valence-electron chi connectivity index (χ0n) is 13.2. The van der Waals surface area contributed by atoms with Crippen LogP contribution < -0.4 is 10.1 Å². The predicted molar refractivity (Wildman–Crippen MR) is 89.0 cm³/mol. The highest BCUT2D eigenvalue weighted by molar-refractivity contribution is 5.81. The molecule has 0 radical (unpaired) electrons. The average Bonchev–Trinajstić information content (AvgIpc) is 2.55. The summed E-state index contributed by atoms with van der Waals surface area (Å²) >= 11 is 0. The molecule has 0 unspecified atom stereocenters. The summed E-state index contributed by atoms with van der Waals surface area (Å²) in [5, 5.41) is 2.95. The van der Waals surface area contributed by atoms with Crippen molar-refractivity contribution in [1.29, 1.82) is 0 Å². The molecular formula is C19H23NO2. The quantitative estimate of drug-likeness (QED) is 0.849. The Morgan fingerprint density at radius 1 is 1.09 bits per heavy atom. The molecule has 2 rings (SSSR count). The number of nitrogens with one attached hydrogen (secondary N) is 1. The number of aryl methyl sites for hydroxylation is 1. The van der Waals surface area contributed by atoms with E-state index in [1.54, 1.807) is 0 Å². The van der Waals surface area contributed by atoms with E-state index in [-0.39, 0.29) is 5.91 Å². The van der Waals surface area contributed by atoms with Gasteiger partial charge in [0, 0.05) is 6.54 Å². The molecule has 0 spiro atoms. The lowest BCUT2D eigenvalue weighted by molar-refractivity contribution is -0.128. The van der Waals surface area contributed by atoms with Gasteiger partial charge >= 0.3 is 0 Å². The first-order valence-corrected chi connectivity index (χ1v) is 7.74. The fourth-order valence-electron chi connectivity index (χ4n) is 2.19. The van der Waals surface area contributed by atoms with E-state index < -0.39 is 6.10 Å². The van der Waals surface area contributed by atoms with Gasteiger partial charge in [-0.3, -0.25) is 4.79 Å². The van der Waals surface area contributed by atoms with Gasteiger partial charge in [-0.25, -0.2) is 0 Å². The highest BCUT2D eigenvalue weighted by atomic mass is 16.5. The summed E-state index contributed by atoms with van der Waals surface area (Å²) in [4.78, 5) is 12.2. The zero-order chi connectivity index (χ0) is 15.8. The fraction of sp³-hybridized carbons (Fsp3) is 0.316. The van der Waals surface area contributed by atoms with Crippen LogP contribution in [0.2, 0.25) is 0 Å². The van der Waals surface area contributed by atoms with Crippen LogP contribution in [0.4, 0.5) is 0 Å². The van der Waals surface area contributed by atoms with Gasteiger partial charge in [0.2, 0.25) is 0 Å². The maximum atomic E-state index is 12.2. The van der Waals surface area contributed by atoms with Crippen LogP contribution in [0.3, 0.4) is 0 Å². The van der Waals surface area contributed by atoms with Gasteiger partial charge in [-0.05, 0) is 37.5 Å². The van der Waals surface area contributed by atoms with Gasteiger partial charge in [-0.1, -0.05) is 55.0 Å². The van der Waals surface area contributed by atoms with Crippen LogP contribution in [0.5, 0.6) is 5.75 Å². The van der Waals surface area contributed by atoms with Crippen molar-refractivity contribution in [3.63, 3.8) is 0 Å². The summed E-state index contributed by atoms with van der Waals surface area (Å²) < 4.78 is 5.77. The molecule has 0 aliphatic heterocycles. The minimum atomic E-state index is -0.446. The second-order valence-corrected chi connectivity index (χ2v) is 5.35. The maximum Gasteiger partial charge on any atom is 0.261 e. The van der Waals surface area contributed by atoms with Gasteiger partial charge < -0.3 is 10.1 Å². The summed E-state index contributed by atoms with van der Waals surface area (Å²) in [6, 6.07) is 17.9. The monoisotopic (exact) mass is 297 g/mol. The second-order valence-electron chi connectivity index (χ2n) is 5.35. The van der Waals surface area contributed by atoms with Gasteiger partial charge in [0.05, 0.1) is 0 Å². The van der Waals surface area contributed by atoms with Gasteiger partial charge in [-0.2, -0.15) is 0 Å². The third-order valence-electron chi connectivity index (χ3n) is 3.52. The molecule has 0 fully saturated rings. The largest absolute Gasteiger partial charge is 0.481 e. The SMILES string of the molecule is CC[C@H](Oc1ccc(C)cc1)C(=O)NCCc1ccccc1. The Bertz CT molecular complexity index is 578. The number of hydrogen-bond acceptors (Lipinski definition) is 2. The van der Waals surface area contributed by atoms with Crippen LogP contribution in [0.1, 0.15) is 24.5 Å². The molecular weight excluding hydrogens is 274 g/mol. The Hall–Kier alpha value is -2.29. The van der Waals surface area contributed by atoms with E-state index in [4.69, 9.17) is 4.74 Å². The molecule has 1 N–H and O–H groups in total. The van der Waals surface area contributed by atoms with Gasteiger partial charge in [0.1, 0.15) is 5.75 Å². The number of hydrogen-bond donors (Lipinski definition) is 1. The average molecular weight is 297 g/mol. The number of benzene rings is 2. The normalized spacial score (nSPS) is 11.7. The molecule has 1 amide bonds. The molecule has 2 aromatic rings. The van der Waals surface area contributed by atoms with Crippen molar-refractivity contribution < 1.29 is 9.53 Å². The molecule has 22 heavy (non-hydrogen) atoms. The molecule has 0 saturated carbocycles. The molecule has 0 aliphatic rings. The Morgan fingerprint density at radius 3 is 2.41 bits per heavy atom. The van der Waals surface area contributed by atoms with Crippen LogP contribution in [-0.2, 0) is 11.2 Å². The predicted octanol–water partition coefficient (Wildman–Crippen LogP) is 3.51. The lowest BCUT2D eigenvalue weighted by atomic mass is 10.1. The molecule has 0 aliphatic carbocycles. The Balaban J connectivity index is 1.82. The van der Waals surface area contributed by atoms with Crippen molar-refractivity contribution in [2.75, 3.05) is 6.54 Å². The molecule has 3 nitrogen and oxygen atoms in total. The number of amides is 1. The highest BCUT2D eigenvalue weighted by Gasteiger charge is 2.17. The summed E-state index contributed by atoms with van der Waals surface area (Å²) in [6.45, 7) is 4.60.